The van der Waals surface area contributed by atoms with Crippen molar-refractivity contribution in [3.8, 4) is 0 Å². The Morgan fingerprint density at radius 2 is 2.10 bits per heavy atom. The molecule has 1 heterocycles. The van der Waals surface area contributed by atoms with Crippen molar-refractivity contribution in [2.75, 3.05) is 6.61 Å². The summed E-state index contributed by atoms with van der Waals surface area (Å²) >= 11 is 1.64. The van der Waals surface area contributed by atoms with Crippen LogP contribution in [0.5, 0.6) is 0 Å². The predicted molar refractivity (Wildman–Crippen MR) is 82.9 cm³/mol. The van der Waals surface area contributed by atoms with Gasteiger partial charge in [-0.3, -0.25) is 4.79 Å². The maximum atomic E-state index is 12.0. The summed E-state index contributed by atoms with van der Waals surface area (Å²) < 4.78 is 5.55. The lowest BCUT2D eigenvalue weighted by molar-refractivity contribution is -0.132. The SMILES string of the molecule is CCc1nc(C(C)NC(=O)C(C)OCCC(C)C)cs1. The van der Waals surface area contributed by atoms with E-state index in [1.165, 1.54) is 0 Å². The van der Waals surface area contributed by atoms with Crippen molar-refractivity contribution in [2.45, 2.75) is 59.6 Å². The first kappa shape index (κ1) is 17.1. The first-order chi connectivity index (χ1) is 9.43. The number of aromatic nitrogens is 1. The van der Waals surface area contributed by atoms with Gasteiger partial charge in [0.05, 0.1) is 16.7 Å². The summed E-state index contributed by atoms with van der Waals surface area (Å²) in [5.74, 6) is 0.513. The molecule has 20 heavy (non-hydrogen) atoms. The van der Waals surface area contributed by atoms with Crippen LogP contribution in [-0.4, -0.2) is 23.6 Å². The lowest BCUT2D eigenvalue weighted by Crippen LogP contribution is -2.36. The van der Waals surface area contributed by atoms with Gasteiger partial charge in [-0.05, 0) is 32.6 Å². The van der Waals surface area contributed by atoms with Crippen LogP contribution < -0.4 is 5.32 Å². The third-order valence-corrected chi connectivity index (χ3v) is 4.12. The van der Waals surface area contributed by atoms with E-state index >= 15 is 0 Å². The molecule has 1 aromatic heterocycles. The van der Waals surface area contributed by atoms with Crippen LogP contribution in [0.2, 0.25) is 0 Å². The summed E-state index contributed by atoms with van der Waals surface area (Å²) in [5, 5.41) is 6.06. The second-order valence-corrected chi connectivity index (χ2v) is 6.39. The molecule has 0 aromatic carbocycles. The molecule has 4 nitrogen and oxygen atoms in total. The van der Waals surface area contributed by atoms with Crippen LogP contribution in [0.1, 0.15) is 57.8 Å². The van der Waals surface area contributed by atoms with E-state index in [-0.39, 0.29) is 11.9 Å². The van der Waals surface area contributed by atoms with Crippen LogP contribution in [0, 0.1) is 5.92 Å². The average molecular weight is 298 g/mol. The van der Waals surface area contributed by atoms with Crippen LogP contribution in [0.25, 0.3) is 0 Å². The molecular weight excluding hydrogens is 272 g/mol. The largest absolute Gasteiger partial charge is 0.369 e. The molecule has 0 spiro atoms. The number of carbonyl (C=O) groups is 1. The maximum Gasteiger partial charge on any atom is 0.249 e. The van der Waals surface area contributed by atoms with Gasteiger partial charge in [0.2, 0.25) is 5.91 Å². The number of carbonyl (C=O) groups excluding carboxylic acids is 1. The number of nitrogens with one attached hydrogen (secondary N) is 1. The highest BCUT2D eigenvalue weighted by atomic mass is 32.1. The molecule has 0 aliphatic carbocycles. The highest BCUT2D eigenvalue weighted by Crippen LogP contribution is 2.17. The number of nitrogens with zero attached hydrogens (tertiary/aromatic N) is 1. The van der Waals surface area contributed by atoms with Crippen LogP contribution in [-0.2, 0) is 16.0 Å². The quantitative estimate of drug-likeness (QED) is 0.801. The van der Waals surface area contributed by atoms with Crippen molar-refractivity contribution in [1.29, 1.82) is 0 Å². The lowest BCUT2D eigenvalue weighted by atomic mass is 10.1. The first-order valence-corrected chi connectivity index (χ1v) is 8.18. The van der Waals surface area contributed by atoms with Crippen LogP contribution in [0.3, 0.4) is 0 Å². The summed E-state index contributed by atoms with van der Waals surface area (Å²) in [6.07, 6.45) is 1.49. The maximum absolute atomic E-state index is 12.0. The molecule has 1 aromatic rings. The summed E-state index contributed by atoms with van der Waals surface area (Å²) in [4.78, 5) is 16.5. The van der Waals surface area contributed by atoms with Gasteiger partial charge in [0.25, 0.3) is 0 Å². The summed E-state index contributed by atoms with van der Waals surface area (Å²) in [5.41, 5.74) is 0.926. The third-order valence-electron chi connectivity index (χ3n) is 3.11. The highest BCUT2D eigenvalue weighted by Gasteiger charge is 2.18. The molecule has 1 N–H and O–H groups in total. The van der Waals surface area contributed by atoms with Crippen molar-refractivity contribution < 1.29 is 9.53 Å². The smallest absolute Gasteiger partial charge is 0.249 e. The zero-order chi connectivity index (χ0) is 15.1. The van der Waals surface area contributed by atoms with E-state index in [0.29, 0.717) is 12.5 Å². The number of ether oxygens (including phenoxy) is 1. The van der Waals surface area contributed by atoms with E-state index in [9.17, 15) is 4.79 Å². The predicted octanol–water partition coefficient (Wildman–Crippen LogP) is 3.33. The van der Waals surface area contributed by atoms with E-state index in [1.54, 1.807) is 18.3 Å². The van der Waals surface area contributed by atoms with Crippen molar-refractivity contribution >= 4 is 17.2 Å². The zero-order valence-corrected chi connectivity index (χ0v) is 13.9. The summed E-state index contributed by atoms with van der Waals surface area (Å²) in [7, 11) is 0. The molecule has 0 bridgehead atoms. The van der Waals surface area contributed by atoms with Crippen molar-refractivity contribution in [2.24, 2.45) is 5.92 Å². The number of thiazole rings is 1. The van der Waals surface area contributed by atoms with Crippen molar-refractivity contribution in [3.05, 3.63) is 16.1 Å². The lowest BCUT2D eigenvalue weighted by Gasteiger charge is -2.17. The van der Waals surface area contributed by atoms with Gasteiger partial charge >= 0.3 is 0 Å². The Morgan fingerprint density at radius 3 is 2.65 bits per heavy atom. The minimum atomic E-state index is -0.416. The van der Waals surface area contributed by atoms with E-state index in [1.807, 2.05) is 12.3 Å². The molecule has 0 fully saturated rings. The van der Waals surface area contributed by atoms with Gasteiger partial charge in [-0.1, -0.05) is 20.8 Å². The Bertz CT molecular complexity index is 418. The van der Waals surface area contributed by atoms with Gasteiger partial charge in [-0.15, -0.1) is 11.3 Å². The number of rotatable bonds is 8. The second kappa shape index (κ2) is 8.37. The van der Waals surface area contributed by atoms with Crippen LogP contribution >= 0.6 is 11.3 Å². The molecular formula is C15H26N2O2S. The van der Waals surface area contributed by atoms with Gasteiger partial charge in [-0.25, -0.2) is 4.98 Å². The Labute approximate surface area is 125 Å². The van der Waals surface area contributed by atoms with Crippen molar-refractivity contribution in [1.82, 2.24) is 10.3 Å². The molecule has 0 aliphatic rings. The van der Waals surface area contributed by atoms with E-state index in [2.05, 4.69) is 31.1 Å². The molecule has 0 radical (unpaired) electrons. The molecule has 0 saturated heterocycles. The summed E-state index contributed by atoms with van der Waals surface area (Å²) in [6.45, 7) is 10.7. The van der Waals surface area contributed by atoms with E-state index < -0.39 is 6.10 Å². The molecule has 2 unspecified atom stereocenters. The molecule has 0 aliphatic heterocycles. The Balaban J connectivity index is 2.40. The summed E-state index contributed by atoms with van der Waals surface area (Å²) in [6, 6.07) is -0.0739. The number of hydrogen-bond donors (Lipinski definition) is 1. The minimum Gasteiger partial charge on any atom is -0.369 e. The van der Waals surface area contributed by atoms with Crippen LogP contribution in [0.4, 0.5) is 0 Å². The van der Waals surface area contributed by atoms with E-state index in [0.717, 1.165) is 23.5 Å². The third kappa shape index (κ3) is 5.59. The Morgan fingerprint density at radius 1 is 1.40 bits per heavy atom. The zero-order valence-electron chi connectivity index (χ0n) is 13.1. The number of amides is 1. The molecule has 2 atom stereocenters. The highest BCUT2D eigenvalue weighted by molar-refractivity contribution is 7.09. The first-order valence-electron chi connectivity index (χ1n) is 7.30. The minimum absolute atomic E-state index is 0.0739. The standard InChI is InChI=1S/C15H26N2O2S/c1-6-14-17-13(9-20-14)11(4)16-15(18)12(5)19-8-7-10(2)3/h9-12H,6-8H2,1-5H3,(H,16,18). The molecule has 0 saturated carbocycles. The average Bonchev–Trinajstić information content (AvgIpc) is 2.86. The Kier molecular flexibility index (Phi) is 7.16. The van der Waals surface area contributed by atoms with Gasteiger partial charge in [0.15, 0.2) is 0 Å². The topological polar surface area (TPSA) is 51.2 Å². The number of hydrogen-bond acceptors (Lipinski definition) is 4. The molecule has 5 heteroatoms. The molecule has 1 rings (SSSR count). The second-order valence-electron chi connectivity index (χ2n) is 5.45. The molecule has 1 amide bonds. The number of aryl methyl sites for hydroxylation is 1. The van der Waals surface area contributed by atoms with Gasteiger partial charge in [-0.2, -0.15) is 0 Å². The monoisotopic (exact) mass is 298 g/mol. The van der Waals surface area contributed by atoms with Crippen LogP contribution in [0.15, 0.2) is 5.38 Å². The van der Waals surface area contributed by atoms with Gasteiger partial charge in [0, 0.05) is 12.0 Å². The fourth-order valence-corrected chi connectivity index (χ4v) is 2.49. The fourth-order valence-electron chi connectivity index (χ4n) is 1.65. The van der Waals surface area contributed by atoms with Crippen molar-refractivity contribution in [3.63, 3.8) is 0 Å². The van der Waals surface area contributed by atoms with Gasteiger partial charge < -0.3 is 10.1 Å². The Hall–Kier alpha value is -0.940. The molecule has 114 valence electrons. The normalized spacial score (nSPS) is 14.3. The fraction of sp³-hybridized carbons (Fsp3) is 0.733. The van der Waals surface area contributed by atoms with E-state index in [4.69, 9.17) is 4.74 Å². The van der Waals surface area contributed by atoms with Gasteiger partial charge in [0.1, 0.15) is 6.10 Å².